The number of carbonyl (C=O) groups excluding carboxylic acids is 1. The minimum atomic E-state index is -0.0723. The quantitative estimate of drug-likeness (QED) is 0.476. The molecule has 0 spiro atoms. The van der Waals surface area contributed by atoms with Crippen molar-refractivity contribution in [1.29, 1.82) is 0 Å². The average Bonchev–Trinajstić information content (AvgIpc) is 3.15. The van der Waals surface area contributed by atoms with Crippen molar-refractivity contribution >= 4 is 44.9 Å². The number of carbonyl (C=O) groups is 1. The number of para-hydroxylation sites is 1. The van der Waals surface area contributed by atoms with Crippen LogP contribution in [0.3, 0.4) is 0 Å². The predicted molar refractivity (Wildman–Crippen MR) is 114 cm³/mol. The Hall–Kier alpha value is -2.18. The molecule has 1 amide bonds. The number of benzene rings is 2. The van der Waals surface area contributed by atoms with Crippen LogP contribution < -0.4 is 5.43 Å². The molecule has 3 aromatic rings. The van der Waals surface area contributed by atoms with Gasteiger partial charge in [-0.15, -0.1) is 11.3 Å². The number of hydrogen-bond acceptors (Lipinski definition) is 5. The maximum atomic E-state index is 12.1. The van der Waals surface area contributed by atoms with Crippen LogP contribution >= 0.6 is 23.1 Å². The number of rotatable bonds is 5. The molecule has 1 aliphatic carbocycles. The van der Waals surface area contributed by atoms with E-state index in [1.807, 2.05) is 18.2 Å². The van der Waals surface area contributed by atoms with Crippen molar-refractivity contribution in [2.24, 2.45) is 5.10 Å². The van der Waals surface area contributed by atoms with Crippen LogP contribution in [0.4, 0.5) is 0 Å². The van der Waals surface area contributed by atoms with Gasteiger partial charge in [-0.25, -0.2) is 10.4 Å². The van der Waals surface area contributed by atoms with E-state index in [-0.39, 0.29) is 5.91 Å². The Balaban J connectivity index is 1.24. The third kappa shape index (κ3) is 4.76. The lowest BCUT2D eigenvalue weighted by Gasteiger charge is -2.23. The van der Waals surface area contributed by atoms with Gasteiger partial charge in [-0.3, -0.25) is 4.79 Å². The number of fused-ring (bicyclic) bond motifs is 1. The zero-order valence-corrected chi connectivity index (χ0v) is 16.6. The molecule has 0 bridgehead atoms. The van der Waals surface area contributed by atoms with Gasteiger partial charge < -0.3 is 0 Å². The van der Waals surface area contributed by atoms with E-state index >= 15 is 0 Å². The van der Waals surface area contributed by atoms with E-state index < -0.39 is 0 Å². The van der Waals surface area contributed by atoms with Gasteiger partial charge in [0.25, 0.3) is 5.91 Å². The summed E-state index contributed by atoms with van der Waals surface area (Å²) in [5, 5.41) is 4.35. The summed E-state index contributed by atoms with van der Waals surface area (Å²) in [5.74, 6) is 0.871. The lowest BCUT2D eigenvalue weighted by atomic mass is 9.83. The number of amides is 1. The zero-order chi connectivity index (χ0) is 18.5. The highest BCUT2D eigenvalue weighted by atomic mass is 32.2. The molecule has 0 unspecified atom stereocenters. The summed E-state index contributed by atoms with van der Waals surface area (Å²) in [5.41, 5.74) is 6.21. The molecule has 1 heterocycles. The fourth-order valence-electron chi connectivity index (χ4n) is 3.34. The number of nitrogens with zero attached hydrogens (tertiary/aromatic N) is 2. The van der Waals surface area contributed by atoms with Gasteiger partial charge in [-0.2, -0.15) is 5.10 Å². The van der Waals surface area contributed by atoms with E-state index in [1.54, 1.807) is 11.3 Å². The SMILES string of the molecule is O=C(CSc1nc2ccccc2s1)NN=C1CCC(c2ccccc2)CC1. The predicted octanol–water partition coefficient (Wildman–Crippen LogP) is 5.22. The van der Waals surface area contributed by atoms with Gasteiger partial charge in [0.05, 0.1) is 16.0 Å². The summed E-state index contributed by atoms with van der Waals surface area (Å²) in [6, 6.07) is 18.7. The molecule has 1 fully saturated rings. The number of hydrogen-bond donors (Lipinski definition) is 1. The molecule has 2 aromatic carbocycles. The second-order valence-corrected chi connectivity index (χ2v) is 8.89. The van der Waals surface area contributed by atoms with E-state index in [2.05, 4.69) is 51.9 Å². The molecule has 4 nitrogen and oxygen atoms in total. The minimum absolute atomic E-state index is 0.0723. The summed E-state index contributed by atoms with van der Waals surface area (Å²) in [6.45, 7) is 0. The minimum Gasteiger partial charge on any atom is -0.272 e. The number of thioether (sulfide) groups is 1. The maximum Gasteiger partial charge on any atom is 0.250 e. The Morgan fingerprint density at radius 2 is 1.85 bits per heavy atom. The molecule has 1 aromatic heterocycles. The second-order valence-electron chi connectivity index (χ2n) is 6.63. The number of nitrogens with one attached hydrogen (secondary N) is 1. The van der Waals surface area contributed by atoms with Crippen LogP contribution in [0.1, 0.15) is 37.2 Å². The fraction of sp³-hybridized carbons (Fsp3) is 0.286. The summed E-state index contributed by atoms with van der Waals surface area (Å²) < 4.78 is 2.07. The van der Waals surface area contributed by atoms with Gasteiger partial charge in [0, 0.05) is 5.71 Å². The Bertz CT molecular complexity index is 909. The Labute approximate surface area is 167 Å². The lowest BCUT2D eigenvalue weighted by molar-refractivity contribution is -0.118. The van der Waals surface area contributed by atoms with Crippen LogP contribution in [0.2, 0.25) is 0 Å². The standard InChI is InChI=1S/C21H21N3OS2/c25-20(14-26-21-22-18-8-4-5-9-19(18)27-21)24-23-17-12-10-16(11-13-17)15-6-2-1-3-7-15/h1-9,16H,10-14H2,(H,24,25). The third-order valence-corrected chi connectivity index (χ3v) is 6.95. The summed E-state index contributed by atoms with van der Waals surface area (Å²) in [6.07, 6.45) is 4.09. The van der Waals surface area contributed by atoms with Crippen molar-refractivity contribution in [3.05, 3.63) is 60.2 Å². The first kappa shape index (κ1) is 18.2. The van der Waals surface area contributed by atoms with Crippen LogP contribution in [-0.2, 0) is 4.79 Å². The zero-order valence-electron chi connectivity index (χ0n) is 14.9. The molecule has 6 heteroatoms. The highest BCUT2D eigenvalue weighted by Gasteiger charge is 2.19. The maximum absolute atomic E-state index is 12.1. The molecule has 0 atom stereocenters. The van der Waals surface area contributed by atoms with Crippen LogP contribution in [0.25, 0.3) is 10.2 Å². The number of aromatic nitrogens is 1. The van der Waals surface area contributed by atoms with Crippen LogP contribution in [0.5, 0.6) is 0 Å². The third-order valence-electron chi connectivity index (χ3n) is 4.77. The smallest absolute Gasteiger partial charge is 0.250 e. The molecule has 4 rings (SSSR count). The van der Waals surface area contributed by atoms with Gasteiger partial charge in [0.2, 0.25) is 0 Å². The fourth-order valence-corrected chi connectivity index (χ4v) is 5.20. The van der Waals surface area contributed by atoms with Crippen molar-refractivity contribution in [2.45, 2.75) is 35.9 Å². The molecule has 1 saturated carbocycles. The molecule has 0 saturated heterocycles. The summed E-state index contributed by atoms with van der Waals surface area (Å²) in [7, 11) is 0. The Morgan fingerprint density at radius 1 is 1.11 bits per heavy atom. The van der Waals surface area contributed by atoms with Gasteiger partial charge >= 0.3 is 0 Å². The normalized spacial score (nSPS) is 17.0. The molecule has 0 radical (unpaired) electrons. The highest BCUT2D eigenvalue weighted by Crippen LogP contribution is 2.31. The first-order valence-electron chi connectivity index (χ1n) is 9.15. The Morgan fingerprint density at radius 3 is 2.63 bits per heavy atom. The van der Waals surface area contributed by atoms with Gasteiger partial charge in [0.1, 0.15) is 0 Å². The average molecular weight is 396 g/mol. The lowest BCUT2D eigenvalue weighted by Crippen LogP contribution is -2.23. The molecule has 1 N–H and O–H groups in total. The van der Waals surface area contributed by atoms with Crippen molar-refractivity contribution in [1.82, 2.24) is 10.4 Å². The topological polar surface area (TPSA) is 54.4 Å². The van der Waals surface area contributed by atoms with Gasteiger partial charge in [-0.1, -0.05) is 54.2 Å². The number of thiazole rings is 1. The summed E-state index contributed by atoms with van der Waals surface area (Å²) >= 11 is 3.08. The molecule has 27 heavy (non-hydrogen) atoms. The second kappa shape index (κ2) is 8.67. The number of hydrazone groups is 1. The van der Waals surface area contributed by atoms with Crippen LogP contribution in [0, 0.1) is 0 Å². The van der Waals surface area contributed by atoms with E-state index in [0.29, 0.717) is 11.7 Å². The molecule has 1 aliphatic rings. The van der Waals surface area contributed by atoms with Crippen molar-refractivity contribution in [3.8, 4) is 0 Å². The van der Waals surface area contributed by atoms with E-state index in [0.717, 1.165) is 46.0 Å². The van der Waals surface area contributed by atoms with Crippen molar-refractivity contribution in [3.63, 3.8) is 0 Å². The van der Waals surface area contributed by atoms with Gasteiger partial charge in [0.15, 0.2) is 4.34 Å². The largest absolute Gasteiger partial charge is 0.272 e. The van der Waals surface area contributed by atoms with E-state index in [4.69, 9.17) is 0 Å². The van der Waals surface area contributed by atoms with Gasteiger partial charge in [-0.05, 0) is 49.3 Å². The molecule has 138 valence electrons. The highest BCUT2D eigenvalue weighted by molar-refractivity contribution is 8.01. The van der Waals surface area contributed by atoms with Crippen LogP contribution in [-0.4, -0.2) is 22.4 Å². The molecular weight excluding hydrogens is 374 g/mol. The molecule has 0 aliphatic heterocycles. The van der Waals surface area contributed by atoms with Crippen molar-refractivity contribution in [2.75, 3.05) is 5.75 Å². The summed E-state index contributed by atoms with van der Waals surface area (Å²) in [4.78, 5) is 16.6. The molecular formula is C21H21N3OS2. The Kier molecular flexibility index (Phi) is 5.84. The first-order chi connectivity index (χ1) is 13.3. The van der Waals surface area contributed by atoms with E-state index in [1.165, 1.54) is 17.3 Å². The van der Waals surface area contributed by atoms with Crippen LogP contribution in [0.15, 0.2) is 64.0 Å². The monoisotopic (exact) mass is 395 g/mol. The first-order valence-corrected chi connectivity index (χ1v) is 11.0. The van der Waals surface area contributed by atoms with E-state index in [9.17, 15) is 4.79 Å². The van der Waals surface area contributed by atoms with Crippen molar-refractivity contribution < 1.29 is 4.79 Å².